The number of rotatable bonds is 1. The summed E-state index contributed by atoms with van der Waals surface area (Å²) in [5.74, 6) is 0. The van der Waals surface area contributed by atoms with Crippen molar-refractivity contribution < 1.29 is 4.74 Å². The monoisotopic (exact) mass is 170 g/mol. The zero-order chi connectivity index (χ0) is 9.24. The largest absolute Gasteiger partial charge is 0.381 e. The van der Waals surface area contributed by atoms with Crippen LogP contribution in [-0.2, 0) is 4.74 Å². The number of ether oxygens (including phenoxy) is 1. The Labute approximate surface area is 76.5 Å². The van der Waals surface area contributed by atoms with E-state index in [9.17, 15) is 0 Å². The molecule has 0 aromatic rings. The number of hydrogen-bond donors (Lipinski definition) is 0. The maximum Gasteiger partial charge on any atom is 0.0471 e. The molecule has 0 saturated carbocycles. The highest BCUT2D eigenvalue weighted by Gasteiger charge is 2.31. The van der Waals surface area contributed by atoms with Crippen LogP contribution in [0.2, 0.25) is 0 Å². The van der Waals surface area contributed by atoms with Crippen LogP contribution in [0.15, 0.2) is 0 Å². The molecule has 1 aliphatic rings. The molecule has 1 heterocycles. The van der Waals surface area contributed by atoms with Crippen molar-refractivity contribution in [3.05, 3.63) is 0 Å². The van der Waals surface area contributed by atoms with Gasteiger partial charge in [0.2, 0.25) is 0 Å². The third-order valence-electron chi connectivity index (χ3n) is 2.66. The number of hydrogen-bond acceptors (Lipinski definition) is 1. The lowest BCUT2D eigenvalue weighted by atomic mass is 9.71. The lowest BCUT2D eigenvalue weighted by molar-refractivity contribution is 0.00424. The summed E-state index contributed by atoms with van der Waals surface area (Å²) >= 11 is 0. The molecule has 0 unspecified atom stereocenters. The molecule has 1 aliphatic heterocycles. The van der Waals surface area contributed by atoms with Crippen molar-refractivity contribution >= 4 is 0 Å². The van der Waals surface area contributed by atoms with E-state index < -0.39 is 0 Å². The van der Waals surface area contributed by atoms with Crippen molar-refractivity contribution in [1.29, 1.82) is 0 Å². The predicted octanol–water partition coefficient (Wildman–Crippen LogP) is 3.24. The van der Waals surface area contributed by atoms with Crippen molar-refractivity contribution in [2.24, 2.45) is 10.8 Å². The van der Waals surface area contributed by atoms with Crippen LogP contribution in [0.25, 0.3) is 0 Å². The Morgan fingerprint density at radius 1 is 1.17 bits per heavy atom. The lowest BCUT2D eigenvalue weighted by Crippen LogP contribution is -2.30. The summed E-state index contributed by atoms with van der Waals surface area (Å²) in [4.78, 5) is 0. The zero-order valence-corrected chi connectivity index (χ0v) is 8.94. The van der Waals surface area contributed by atoms with E-state index in [1.165, 1.54) is 19.3 Å². The fourth-order valence-electron chi connectivity index (χ4n) is 2.32. The molecule has 0 radical (unpaired) electrons. The Bertz CT molecular complexity index is 138. The van der Waals surface area contributed by atoms with E-state index in [-0.39, 0.29) is 0 Å². The van der Waals surface area contributed by atoms with E-state index in [0.29, 0.717) is 10.8 Å². The smallest absolute Gasteiger partial charge is 0.0471 e. The summed E-state index contributed by atoms with van der Waals surface area (Å²) in [5, 5.41) is 0. The second-order valence-corrected chi connectivity index (χ2v) is 5.66. The molecule has 72 valence electrons. The molecule has 0 N–H and O–H groups in total. The van der Waals surface area contributed by atoms with Crippen LogP contribution in [0.5, 0.6) is 0 Å². The summed E-state index contributed by atoms with van der Waals surface area (Å²) in [6, 6.07) is 0. The minimum Gasteiger partial charge on any atom is -0.381 e. The van der Waals surface area contributed by atoms with Gasteiger partial charge < -0.3 is 4.74 Å². The van der Waals surface area contributed by atoms with E-state index >= 15 is 0 Å². The Morgan fingerprint density at radius 3 is 2.08 bits per heavy atom. The molecular weight excluding hydrogens is 148 g/mol. The van der Waals surface area contributed by atoms with Gasteiger partial charge in [0.15, 0.2) is 0 Å². The highest BCUT2D eigenvalue weighted by Crippen LogP contribution is 2.40. The van der Waals surface area contributed by atoms with Gasteiger partial charge in [0.1, 0.15) is 0 Å². The molecule has 0 aromatic carbocycles. The van der Waals surface area contributed by atoms with Gasteiger partial charge in [-0.15, -0.1) is 0 Å². The second-order valence-electron chi connectivity index (χ2n) is 5.66. The standard InChI is InChI=1S/C11H22O/c1-10(2,3)9-11(4)5-7-12-8-6-11/h5-9H2,1-4H3. The van der Waals surface area contributed by atoms with Crippen LogP contribution >= 0.6 is 0 Å². The molecule has 1 nitrogen and oxygen atoms in total. The van der Waals surface area contributed by atoms with E-state index in [4.69, 9.17) is 4.74 Å². The van der Waals surface area contributed by atoms with Crippen LogP contribution in [0, 0.1) is 10.8 Å². The van der Waals surface area contributed by atoms with Crippen molar-refractivity contribution in [2.45, 2.75) is 47.0 Å². The van der Waals surface area contributed by atoms with Crippen LogP contribution in [0.1, 0.15) is 47.0 Å². The third-order valence-corrected chi connectivity index (χ3v) is 2.66. The molecule has 12 heavy (non-hydrogen) atoms. The van der Waals surface area contributed by atoms with Crippen LogP contribution < -0.4 is 0 Å². The first-order chi connectivity index (χ1) is 5.41. The summed E-state index contributed by atoms with van der Waals surface area (Å²) < 4.78 is 5.38. The van der Waals surface area contributed by atoms with Crippen molar-refractivity contribution in [1.82, 2.24) is 0 Å². The van der Waals surface area contributed by atoms with E-state index in [0.717, 1.165) is 13.2 Å². The SMILES string of the molecule is CC(C)(C)CC1(C)CCOCC1. The minimum absolute atomic E-state index is 0.464. The summed E-state index contributed by atoms with van der Waals surface area (Å²) in [6.07, 6.45) is 3.80. The third kappa shape index (κ3) is 3.14. The fourth-order valence-corrected chi connectivity index (χ4v) is 2.32. The lowest BCUT2D eigenvalue weighted by Gasteiger charge is -2.38. The van der Waals surface area contributed by atoms with Gasteiger partial charge in [-0.25, -0.2) is 0 Å². The maximum atomic E-state index is 5.38. The highest BCUT2D eigenvalue weighted by molar-refractivity contribution is 4.82. The van der Waals surface area contributed by atoms with Crippen LogP contribution in [-0.4, -0.2) is 13.2 Å². The Kier molecular flexibility index (Phi) is 2.82. The van der Waals surface area contributed by atoms with Gasteiger partial charge in [0, 0.05) is 13.2 Å². The van der Waals surface area contributed by atoms with Gasteiger partial charge in [-0.05, 0) is 30.1 Å². The first-order valence-corrected chi connectivity index (χ1v) is 4.99. The molecule has 1 rings (SSSR count). The zero-order valence-electron chi connectivity index (χ0n) is 8.94. The highest BCUT2D eigenvalue weighted by atomic mass is 16.5. The topological polar surface area (TPSA) is 9.23 Å². The first kappa shape index (κ1) is 10.0. The average molecular weight is 170 g/mol. The van der Waals surface area contributed by atoms with E-state index in [2.05, 4.69) is 27.7 Å². The van der Waals surface area contributed by atoms with Gasteiger partial charge in [-0.2, -0.15) is 0 Å². The Hall–Kier alpha value is -0.0400. The summed E-state index contributed by atoms with van der Waals surface area (Å²) in [7, 11) is 0. The molecule has 0 aromatic heterocycles. The van der Waals surface area contributed by atoms with Crippen LogP contribution in [0.3, 0.4) is 0 Å². The molecule has 1 saturated heterocycles. The molecular formula is C11H22O. The van der Waals surface area contributed by atoms with Crippen molar-refractivity contribution in [3.8, 4) is 0 Å². The molecule has 1 fully saturated rings. The molecule has 0 amide bonds. The fraction of sp³-hybridized carbons (Fsp3) is 1.00. The quantitative estimate of drug-likeness (QED) is 0.587. The molecule has 0 spiro atoms. The second kappa shape index (κ2) is 3.37. The average Bonchev–Trinajstić information content (AvgIpc) is 1.83. The van der Waals surface area contributed by atoms with Crippen molar-refractivity contribution in [3.63, 3.8) is 0 Å². The van der Waals surface area contributed by atoms with Gasteiger partial charge in [0.05, 0.1) is 0 Å². The van der Waals surface area contributed by atoms with Crippen LogP contribution in [0.4, 0.5) is 0 Å². The summed E-state index contributed by atoms with van der Waals surface area (Å²) in [6.45, 7) is 11.3. The molecule has 0 aliphatic carbocycles. The van der Waals surface area contributed by atoms with Gasteiger partial charge >= 0.3 is 0 Å². The summed E-state index contributed by atoms with van der Waals surface area (Å²) in [5.41, 5.74) is 1.00. The maximum absolute atomic E-state index is 5.38. The van der Waals surface area contributed by atoms with E-state index in [1.807, 2.05) is 0 Å². The van der Waals surface area contributed by atoms with Gasteiger partial charge in [0.25, 0.3) is 0 Å². The van der Waals surface area contributed by atoms with Crippen molar-refractivity contribution in [2.75, 3.05) is 13.2 Å². The first-order valence-electron chi connectivity index (χ1n) is 4.99. The molecule has 0 bridgehead atoms. The Morgan fingerprint density at radius 2 is 1.67 bits per heavy atom. The van der Waals surface area contributed by atoms with Gasteiger partial charge in [-0.3, -0.25) is 0 Å². The molecule has 1 heteroatoms. The predicted molar refractivity (Wildman–Crippen MR) is 52.2 cm³/mol. The molecule has 0 atom stereocenters. The minimum atomic E-state index is 0.464. The Balaban J connectivity index is 2.47. The van der Waals surface area contributed by atoms with Gasteiger partial charge in [-0.1, -0.05) is 27.7 Å². The normalized spacial score (nSPS) is 24.0. The van der Waals surface area contributed by atoms with E-state index in [1.54, 1.807) is 0 Å².